The first-order valence-corrected chi connectivity index (χ1v) is 10.2. The summed E-state index contributed by atoms with van der Waals surface area (Å²) in [5.41, 5.74) is 8.39. The predicted octanol–water partition coefficient (Wildman–Crippen LogP) is 7.12. The van der Waals surface area contributed by atoms with Gasteiger partial charge in [-0.2, -0.15) is 0 Å². The van der Waals surface area contributed by atoms with Gasteiger partial charge < -0.3 is 5.32 Å². The van der Waals surface area contributed by atoms with E-state index >= 15 is 0 Å². The summed E-state index contributed by atoms with van der Waals surface area (Å²) in [5.74, 6) is 1.59. The summed E-state index contributed by atoms with van der Waals surface area (Å²) >= 11 is 0. The van der Waals surface area contributed by atoms with Crippen LogP contribution in [0.3, 0.4) is 0 Å². The van der Waals surface area contributed by atoms with Gasteiger partial charge in [0, 0.05) is 10.8 Å². The van der Waals surface area contributed by atoms with Gasteiger partial charge in [-0.25, -0.2) is 9.97 Å². The summed E-state index contributed by atoms with van der Waals surface area (Å²) < 4.78 is 0. The Hall–Kier alpha value is -3.72. The van der Waals surface area contributed by atoms with E-state index in [1.165, 1.54) is 27.8 Å². The SMILES string of the molecule is Cc1cc(C)c(-c2ccc3nc(Nc4ccc5ccccc5n4)ccc3c2)c(C)c1. The zero-order chi connectivity index (χ0) is 20.7. The Morgan fingerprint density at radius 1 is 0.600 bits per heavy atom. The molecule has 0 radical (unpaired) electrons. The van der Waals surface area contributed by atoms with E-state index in [-0.39, 0.29) is 0 Å². The molecule has 2 aromatic heterocycles. The first kappa shape index (κ1) is 18.3. The van der Waals surface area contributed by atoms with E-state index in [0.717, 1.165) is 33.4 Å². The molecule has 0 fully saturated rings. The van der Waals surface area contributed by atoms with E-state index in [0.29, 0.717) is 0 Å². The third-order valence-corrected chi connectivity index (χ3v) is 5.51. The number of aromatic nitrogens is 2. The number of benzene rings is 3. The lowest BCUT2D eigenvalue weighted by Crippen LogP contribution is -1.96. The number of nitrogens with zero attached hydrogens (tertiary/aromatic N) is 2. The molecule has 3 nitrogen and oxygen atoms in total. The number of nitrogens with one attached hydrogen (secondary N) is 1. The van der Waals surface area contributed by atoms with Gasteiger partial charge in [0.1, 0.15) is 11.6 Å². The fourth-order valence-corrected chi connectivity index (χ4v) is 4.25. The van der Waals surface area contributed by atoms with Crippen LogP contribution < -0.4 is 5.32 Å². The quantitative estimate of drug-likeness (QED) is 0.357. The molecule has 0 bridgehead atoms. The second kappa shape index (κ2) is 7.27. The lowest BCUT2D eigenvalue weighted by atomic mass is 9.93. The Morgan fingerprint density at radius 3 is 1.97 bits per heavy atom. The molecule has 5 rings (SSSR count). The van der Waals surface area contributed by atoms with Gasteiger partial charge in [0.15, 0.2) is 0 Å². The van der Waals surface area contributed by atoms with Gasteiger partial charge in [0.25, 0.3) is 0 Å². The molecule has 0 spiro atoms. The normalized spacial score (nSPS) is 11.2. The maximum Gasteiger partial charge on any atom is 0.132 e. The molecule has 0 atom stereocenters. The third-order valence-electron chi connectivity index (χ3n) is 5.51. The zero-order valence-electron chi connectivity index (χ0n) is 17.4. The van der Waals surface area contributed by atoms with Gasteiger partial charge in [0.05, 0.1) is 11.0 Å². The predicted molar refractivity (Wildman–Crippen MR) is 126 cm³/mol. The van der Waals surface area contributed by atoms with Gasteiger partial charge in [-0.3, -0.25) is 0 Å². The number of fused-ring (bicyclic) bond motifs is 2. The highest BCUT2D eigenvalue weighted by atomic mass is 15.1. The summed E-state index contributed by atoms with van der Waals surface area (Å²) in [6, 6.07) is 27.3. The summed E-state index contributed by atoms with van der Waals surface area (Å²) in [4.78, 5) is 9.47. The molecule has 0 amide bonds. The Labute approximate surface area is 176 Å². The molecular weight excluding hydrogens is 366 g/mol. The van der Waals surface area contributed by atoms with Gasteiger partial charge in [-0.05, 0) is 85.5 Å². The second-order valence-electron chi connectivity index (χ2n) is 7.89. The molecule has 30 heavy (non-hydrogen) atoms. The molecule has 0 aliphatic rings. The molecule has 3 heteroatoms. The molecule has 0 saturated heterocycles. The third kappa shape index (κ3) is 3.39. The summed E-state index contributed by atoms with van der Waals surface area (Å²) in [5, 5.41) is 5.59. The van der Waals surface area contributed by atoms with Crippen molar-refractivity contribution in [1.82, 2.24) is 9.97 Å². The highest BCUT2D eigenvalue weighted by Crippen LogP contribution is 2.31. The van der Waals surface area contributed by atoms with Crippen LogP contribution in [0.15, 0.2) is 78.9 Å². The lowest BCUT2D eigenvalue weighted by molar-refractivity contribution is 1.31. The fourth-order valence-electron chi connectivity index (χ4n) is 4.25. The van der Waals surface area contributed by atoms with Crippen molar-refractivity contribution in [2.75, 3.05) is 5.32 Å². The fraction of sp³-hybridized carbons (Fsp3) is 0.111. The van der Waals surface area contributed by atoms with E-state index in [1.807, 2.05) is 30.3 Å². The van der Waals surface area contributed by atoms with Crippen LogP contribution in [-0.4, -0.2) is 9.97 Å². The topological polar surface area (TPSA) is 37.8 Å². The largest absolute Gasteiger partial charge is 0.325 e. The van der Waals surface area contributed by atoms with E-state index in [9.17, 15) is 0 Å². The highest BCUT2D eigenvalue weighted by Gasteiger charge is 2.09. The van der Waals surface area contributed by atoms with Crippen LogP contribution in [0.5, 0.6) is 0 Å². The van der Waals surface area contributed by atoms with Gasteiger partial charge in [0.2, 0.25) is 0 Å². The van der Waals surface area contributed by atoms with Crippen molar-refractivity contribution in [3.05, 3.63) is 95.6 Å². The van der Waals surface area contributed by atoms with Gasteiger partial charge >= 0.3 is 0 Å². The summed E-state index contributed by atoms with van der Waals surface area (Å²) in [6.45, 7) is 6.51. The monoisotopic (exact) mass is 389 g/mol. The smallest absolute Gasteiger partial charge is 0.132 e. The molecule has 0 unspecified atom stereocenters. The van der Waals surface area contributed by atoms with E-state index in [1.54, 1.807) is 0 Å². The number of para-hydroxylation sites is 1. The van der Waals surface area contributed by atoms with Crippen molar-refractivity contribution in [3.8, 4) is 11.1 Å². The lowest BCUT2D eigenvalue weighted by Gasteiger charge is -2.13. The van der Waals surface area contributed by atoms with Crippen molar-refractivity contribution >= 4 is 33.4 Å². The first-order chi connectivity index (χ1) is 14.6. The molecule has 2 heterocycles. The summed E-state index contributed by atoms with van der Waals surface area (Å²) in [7, 11) is 0. The van der Waals surface area contributed by atoms with Crippen molar-refractivity contribution in [3.63, 3.8) is 0 Å². The van der Waals surface area contributed by atoms with Crippen molar-refractivity contribution in [2.24, 2.45) is 0 Å². The number of aryl methyl sites for hydroxylation is 3. The Morgan fingerprint density at radius 2 is 1.23 bits per heavy atom. The average Bonchev–Trinajstić information content (AvgIpc) is 2.73. The Bertz CT molecular complexity index is 1380. The average molecular weight is 390 g/mol. The van der Waals surface area contributed by atoms with Crippen molar-refractivity contribution in [1.29, 1.82) is 0 Å². The first-order valence-electron chi connectivity index (χ1n) is 10.2. The van der Waals surface area contributed by atoms with E-state index < -0.39 is 0 Å². The van der Waals surface area contributed by atoms with Crippen LogP contribution in [0.25, 0.3) is 32.9 Å². The minimum atomic E-state index is 0.792. The molecule has 0 aliphatic carbocycles. The van der Waals surface area contributed by atoms with E-state index in [4.69, 9.17) is 4.98 Å². The van der Waals surface area contributed by atoms with Crippen molar-refractivity contribution in [2.45, 2.75) is 20.8 Å². The molecule has 5 aromatic rings. The Kier molecular flexibility index (Phi) is 4.44. The highest BCUT2D eigenvalue weighted by molar-refractivity contribution is 5.87. The second-order valence-corrected chi connectivity index (χ2v) is 7.89. The van der Waals surface area contributed by atoms with Gasteiger partial charge in [-0.15, -0.1) is 0 Å². The van der Waals surface area contributed by atoms with Crippen LogP contribution in [-0.2, 0) is 0 Å². The van der Waals surface area contributed by atoms with Crippen LogP contribution in [0, 0.1) is 20.8 Å². The summed E-state index contributed by atoms with van der Waals surface area (Å²) in [6.07, 6.45) is 0. The van der Waals surface area contributed by atoms with Crippen LogP contribution in [0.1, 0.15) is 16.7 Å². The molecule has 146 valence electrons. The number of hydrogen-bond acceptors (Lipinski definition) is 3. The number of anilines is 2. The maximum atomic E-state index is 4.79. The molecule has 0 aliphatic heterocycles. The number of rotatable bonds is 3. The van der Waals surface area contributed by atoms with Crippen LogP contribution in [0.2, 0.25) is 0 Å². The molecule has 3 aromatic carbocycles. The van der Waals surface area contributed by atoms with Crippen LogP contribution >= 0.6 is 0 Å². The van der Waals surface area contributed by atoms with Gasteiger partial charge in [-0.1, -0.05) is 42.0 Å². The minimum Gasteiger partial charge on any atom is -0.325 e. The zero-order valence-corrected chi connectivity index (χ0v) is 17.4. The molecular formula is C27H23N3. The standard InChI is InChI=1S/C27H23N3/c1-17-14-18(2)27(19(3)15-17)22-8-11-24-21(16-22)10-13-26(29-24)30-25-12-9-20-6-4-5-7-23(20)28-25/h4-16H,1-3H3,(H,28,29,30). The maximum absolute atomic E-state index is 4.79. The van der Waals surface area contributed by atoms with Crippen LogP contribution in [0.4, 0.5) is 11.6 Å². The number of hydrogen-bond donors (Lipinski definition) is 1. The molecule has 1 N–H and O–H groups in total. The molecule has 0 saturated carbocycles. The van der Waals surface area contributed by atoms with Crippen molar-refractivity contribution < 1.29 is 0 Å². The number of pyridine rings is 2. The van der Waals surface area contributed by atoms with E-state index in [2.05, 4.69) is 79.6 Å². The Balaban J connectivity index is 1.48. The minimum absolute atomic E-state index is 0.792.